The van der Waals surface area contributed by atoms with Crippen molar-refractivity contribution in [1.82, 2.24) is 59.8 Å². The molecule has 8 rings (SSSR count). The highest BCUT2D eigenvalue weighted by molar-refractivity contribution is 8.15. The number of urea groups is 1. The Kier molecular flexibility index (Phi) is 17.7. The maximum absolute atomic E-state index is 15.3. The number of hydroxylamine groups is 2. The number of thioether (sulfide) groups is 1. The Labute approximate surface area is 443 Å². The molecule has 0 bridgehead atoms. The van der Waals surface area contributed by atoms with Crippen LogP contribution in [0.15, 0.2) is 78.8 Å². The van der Waals surface area contributed by atoms with E-state index >= 15 is 8.78 Å². The number of nitrogens with one attached hydrogen (secondary N) is 3. The number of imidazole rings is 1. The Bertz CT molecular complexity index is 2880. The fraction of sp³-hybridized carbons (Fsp3) is 0.490. The van der Waals surface area contributed by atoms with Gasteiger partial charge >= 0.3 is 12.1 Å². The molecule has 0 saturated carbocycles. The average molecular weight is 1070 g/mol. The van der Waals surface area contributed by atoms with Crippen LogP contribution in [0.5, 0.6) is 5.88 Å². The molecule has 2 aromatic carbocycles. The third-order valence-electron chi connectivity index (χ3n) is 13.0. The van der Waals surface area contributed by atoms with Crippen molar-refractivity contribution < 1.29 is 41.9 Å². The summed E-state index contributed by atoms with van der Waals surface area (Å²) >= 11 is 1.14. The Hall–Kier alpha value is -6.96. The van der Waals surface area contributed by atoms with Crippen LogP contribution < -0.4 is 25.6 Å². The molecule has 2 fully saturated rings. The summed E-state index contributed by atoms with van der Waals surface area (Å²) in [5, 5.41) is 20.6. The van der Waals surface area contributed by atoms with Crippen molar-refractivity contribution >= 4 is 63.5 Å². The number of hydrogen-bond acceptors (Lipinski definition) is 16. The molecule has 3 aliphatic heterocycles. The van der Waals surface area contributed by atoms with Gasteiger partial charge in [-0.05, 0) is 82.8 Å². The molecule has 3 aliphatic rings. The third-order valence-corrected chi connectivity index (χ3v) is 14.4. The molecule has 408 valence electrons. The average Bonchev–Trinajstić information content (AvgIpc) is 4.21. The molecule has 21 nitrogen and oxygen atoms in total. The number of carbonyl (C=O) groups excluding carboxylic acids is 3. The summed E-state index contributed by atoms with van der Waals surface area (Å²) in [5.74, 6) is -0.730. The van der Waals surface area contributed by atoms with Crippen molar-refractivity contribution in [2.24, 2.45) is 12.1 Å². The largest absolute Gasteiger partial charge is 0.478 e. The lowest BCUT2D eigenvalue weighted by Crippen LogP contribution is -2.48. The quantitative estimate of drug-likeness (QED) is 0.0415. The Morgan fingerprint density at radius 1 is 0.987 bits per heavy atom. The van der Waals surface area contributed by atoms with Gasteiger partial charge in [0.15, 0.2) is 17.0 Å². The number of alkyl halides is 1. The number of fused-ring (bicyclic) bond motifs is 1. The molecule has 76 heavy (non-hydrogen) atoms. The van der Waals surface area contributed by atoms with Gasteiger partial charge in [0.2, 0.25) is 11.9 Å². The number of benzene rings is 2. The summed E-state index contributed by atoms with van der Waals surface area (Å²) < 4.78 is 59.5. The van der Waals surface area contributed by atoms with Gasteiger partial charge in [-0.2, -0.15) is 20.1 Å². The van der Waals surface area contributed by atoms with Crippen molar-refractivity contribution in [2.75, 3.05) is 89.9 Å². The van der Waals surface area contributed by atoms with Crippen LogP contribution in [0, 0.1) is 11.6 Å². The molecule has 25 heteroatoms. The molecule has 3 atom stereocenters. The van der Waals surface area contributed by atoms with E-state index in [0.717, 1.165) is 86.8 Å². The van der Waals surface area contributed by atoms with Gasteiger partial charge in [-0.25, -0.2) is 32.8 Å². The fourth-order valence-corrected chi connectivity index (χ4v) is 10.6. The van der Waals surface area contributed by atoms with Crippen LogP contribution in [0.25, 0.3) is 11.2 Å². The van der Waals surface area contributed by atoms with Crippen LogP contribution >= 0.6 is 11.8 Å². The zero-order valence-electron chi connectivity index (χ0n) is 43.7. The first kappa shape index (κ1) is 55.3. The number of ether oxygens (including phenoxy) is 2. The highest BCUT2D eigenvalue weighted by Gasteiger charge is 2.50. The van der Waals surface area contributed by atoms with E-state index in [1.54, 1.807) is 43.7 Å². The van der Waals surface area contributed by atoms with Crippen LogP contribution in [0.1, 0.15) is 57.6 Å². The lowest BCUT2D eigenvalue weighted by Gasteiger charge is -2.37. The number of alkyl carbamates (subject to hydrolysis) is 1. The van der Waals surface area contributed by atoms with E-state index in [1.807, 2.05) is 48.3 Å². The van der Waals surface area contributed by atoms with E-state index in [9.17, 15) is 18.8 Å². The first-order valence-electron chi connectivity index (χ1n) is 25.2. The maximum atomic E-state index is 15.3. The van der Waals surface area contributed by atoms with Crippen LogP contribution in [0.4, 0.5) is 40.2 Å². The molecule has 3 aromatic heterocycles. The molecular formula is C51H66F3N15O6S. The molecule has 0 spiro atoms. The Balaban J connectivity index is 0.819. The predicted molar refractivity (Wildman–Crippen MR) is 283 cm³/mol. The van der Waals surface area contributed by atoms with Crippen LogP contribution in [0.3, 0.4) is 0 Å². The number of methoxy groups -OCH3 is 1. The van der Waals surface area contributed by atoms with Crippen molar-refractivity contribution in [1.29, 1.82) is 0 Å². The number of hydrogen-bond donors (Lipinski definition) is 3. The number of anilines is 3. The molecule has 4 amide bonds. The standard InChI is InChI=1S/C51H66F3N15O6S/c1-8-41(70)57-39-31-67(30-38(39)54)47-59-43(42-44(60-47)63(5)33-56-42)58-40-32-68(61-45(40)73-7)23-13-21-65-24-26-66(27-25-65)22-14-28-74-64(6)49(72)69-51(34-15-10-9-11-16-34,19-12-20-55-48(71)75-50(2,3)4)76-46(62-69)36-29-35(52)17-18-37(36)53/h8-11,15-18,29,32-33,38-39H,1,12-14,19-28,30-31H2,2-7H3,(H,55,71)(H,57,70)(H,58,59,60)/t38-,39?,51+/m1/s1. The number of rotatable bonds is 21. The first-order chi connectivity index (χ1) is 36.4. The number of hydrazone groups is 1. The SMILES string of the molecule is C=CC(=O)NC1CN(c2nc(Nc3cn(CCCN4CCN(CCCON(C)C(=O)N5N=C(c6cc(F)ccc6F)S[C@@]5(CCCNC(=O)OC(C)(C)C)c5ccccc5)CC4)nc3OC)c3ncn(C)c3n2)C[C@H]1F. The number of halogens is 3. The molecule has 6 heterocycles. The third kappa shape index (κ3) is 13.3. The zero-order chi connectivity index (χ0) is 54.1. The van der Waals surface area contributed by atoms with E-state index in [1.165, 1.54) is 12.1 Å². The minimum Gasteiger partial charge on any atom is -0.478 e. The van der Waals surface area contributed by atoms with Gasteiger partial charge in [-0.15, -0.1) is 5.10 Å². The number of piperazine rings is 1. The summed E-state index contributed by atoms with van der Waals surface area (Å²) in [6.07, 6.45) is 4.83. The molecular weight excluding hydrogens is 1010 g/mol. The normalized spacial score (nSPS) is 19.2. The van der Waals surface area contributed by atoms with E-state index in [2.05, 4.69) is 52.5 Å². The number of nitrogens with zero attached hydrogens (tertiary/aromatic N) is 12. The van der Waals surface area contributed by atoms with Gasteiger partial charge in [-0.1, -0.05) is 48.7 Å². The van der Waals surface area contributed by atoms with Gasteiger partial charge in [0.1, 0.15) is 39.0 Å². The van der Waals surface area contributed by atoms with Gasteiger partial charge in [-0.3, -0.25) is 14.3 Å². The van der Waals surface area contributed by atoms with E-state index in [-0.39, 0.29) is 49.2 Å². The molecule has 1 unspecified atom stereocenters. The minimum atomic E-state index is -1.32. The van der Waals surface area contributed by atoms with Crippen LogP contribution in [0.2, 0.25) is 0 Å². The van der Waals surface area contributed by atoms with Crippen molar-refractivity contribution in [3.05, 3.63) is 96.5 Å². The molecule has 0 radical (unpaired) electrons. The summed E-state index contributed by atoms with van der Waals surface area (Å²) in [7, 11) is 4.87. The number of aryl methyl sites for hydroxylation is 2. The smallest absolute Gasteiger partial charge is 0.407 e. The van der Waals surface area contributed by atoms with Gasteiger partial charge < -0.3 is 44.7 Å². The van der Waals surface area contributed by atoms with Crippen molar-refractivity contribution in [2.45, 2.75) is 75.7 Å². The lowest BCUT2D eigenvalue weighted by molar-refractivity contribution is -0.117. The monoisotopic (exact) mass is 1070 g/mol. The molecule has 5 aromatic rings. The fourth-order valence-electron chi connectivity index (χ4n) is 9.16. The number of amides is 4. The summed E-state index contributed by atoms with van der Waals surface area (Å²) in [5.41, 5.74) is 1.56. The highest BCUT2D eigenvalue weighted by atomic mass is 32.2. The van der Waals surface area contributed by atoms with Crippen molar-refractivity contribution in [3.8, 4) is 5.88 Å². The predicted octanol–water partition coefficient (Wildman–Crippen LogP) is 6.37. The second kappa shape index (κ2) is 24.4. The zero-order valence-corrected chi connectivity index (χ0v) is 44.5. The molecule has 0 aliphatic carbocycles. The Morgan fingerprint density at radius 2 is 1.72 bits per heavy atom. The van der Waals surface area contributed by atoms with Crippen LogP contribution in [-0.4, -0.2) is 170 Å². The first-order valence-corrected chi connectivity index (χ1v) is 26.1. The second-order valence-corrected chi connectivity index (χ2v) is 21.0. The molecule has 3 N–H and O–H groups in total. The van der Waals surface area contributed by atoms with Crippen molar-refractivity contribution in [3.63, 3.8) is 0 Å². The summed E-state index contributed by atoms with van der Waals surface area (Å²) in [4.78, 5) is 64.0. The number of aromatic nitrogens is 6. The number of carbonyl (C=O) groups is 3. The van der Waals surface area contributed by atoms with E-state index in [4.69, 9.17) is 19.3 Å². The van der Waals surface area contributed by atoms with Gasteiger partial charge in [0.05, 0.1) is 38.8 Å². The second-order valence-electron chi connectivity index (χ2n) is 19.7. The minimum absolute atomic E-state index is 0.00152. The van der Waals surface area contributed by atoms with E-state index in [0.29, 0.717) is 53.5 Å². The topological polar surface area (TPSA) is 205 Å². The maximum Gasteiger partial charge on any atom is 0.407 e. The Morgan fingerprint density at radius 3 is 2.43 bits per heavy atom. The lowest BCUT2D eigenvalue weighted by atomic mass is 10.0. The van der Waals surface area contributed by atoms with Gasteiger partial charge in [0, 0.05) is 72.0 Å². The highest BCUT2D eigenvalue weighted by Crippen LogP contribution is 2.51. The van der Waals surface area contributed by atoms with Gasteiger partial charge in [0.25, 0.3) is 5.88 Å². The summed E-state index contributed by atoms with van der Waals surface area (Å²) in [6.45, 7) is 15.1. The van der Waals surface area contributed by atoms with E-state index < -0.39 is 52.4 Å². The molecule has 2 saturated heterocycles. The van der Waals surface area contributed by atoms with Crippen LogP contribution in [-0.2, 0) is 32.8 Å². The summed E-state index contributed by atoms with van der Waals surface area (Å²) in [6, 6.07) is 11.0.